The Morgan fingerprint density at radius 3 is 0.449 bits per heavy atom. The molecule has 0 N–H and O–H groups in total. The van der Waals surface area contributed by atoms with Gasteiger partial charge in [0.15, 0.2) is 0 Å². The summed E-state index contributed by atoms with van der Waals surface area (Å²) in [5.74, 6) is 0. The summed E-state index contributed by atoms with van der Waals surface area (Å²) in [6, 6.07) is 3.54. The van der Waals surface area contributed by atoms with Crippen LogP contribution >= 0.6 is 0 Å². The van der Waals surface area contributed by atoms with Gasteiger partial charge in [0, 0.05) is 90.9 Å². The van der Waals surface area contributed by atoms with Crippen LogP contribution in [0.25, 0.3) is 0 Å². The summed E-state index contributed by atoms with van der Waals surface area (Å²) < 4.78 is 0. The van der Waals surface area contributed by atoms with Crippen molar-refractivity contribution in [1.29, 1.82) is 0 Å². The van der Waals surface area contributed by atoms with E-state index in [9.17, 15) is 0 Å². The van der Waals surface area contributed by atoms with Crippen LogP contribution in [0.2, 0.25) is 0 Å². The van der Waals surface area contributed by atoms with Crippen molar-refractivity contribution in [3.63, 3.8) is 0 Å². The molecule has 0 spiro atoms. The smallest absolute Gasteiger partial charge is 0.0500 e. The van der Waals surface area contributed by atoms with Gasteiger partial charge in [-0.05, 0) is 77.0 Å². The molecule has 0 unspecified atom stereocenters. The second kappa shape index (κ2) is 28.2. The van der Waals surface area contributed by atoms with Crippen molar-refractivity contribution in [3.8, 4) is 0 Å². The largest absolute Gasteiger partial charge is 0.288 e. The Labute approximate surface area is 312 Å². The fourth-order valence-corrected chi connectivity index (χ4v) is 8.34. The molecule has 6 saturated carbocycles. The van der Waals surface area contributed by atoms with E-state index in [1.54, 1.807) is 0 Å². The van der Waals surface area contributed by atoms with E-state index in [1.807, 2.05) is 37.3 Å². The Bertz CT molecular complexity index is 752. The first-order valence-electron chi connectivity index (χ1n) is 21.0. The third-order valence-corrected chi connectivity index (χ3v) is 11.4. The second-order valence-corrected chi connectivity index (χ2v) is 15.5. The number of hydrogen-bond acceptors (Lipinski definition) is 6. The van der Waals surface area contributed by atoms with Crippen LogP contribution in [0.3, 0.4) is 0 Å². The minimum absolute atomic E-state index is 0. The maximum Gasteiger partial charge on any atom is 0.0500 e. The molecule has 0 atom stereocenters. The molecule has 6 rings (SSSR count). The molecule has 0 saturated heterocycles. The zero-order valence-corrected chi connectivity index (χ0v) is 32.5. The normalized spacial score (nSPS) is 25.2. The number of rotatable bonds is 9. The van der Waals surface area contributed by atoms with Gasteiger partial charge >= 0.3 is 0 Å². The first-order valence-corrected chi connectivity index (χ1v) is 21.0. The molecule has 6 aliphatic carbocycles. The molecule has 0 bridgehead atoms. The molecule has 7 heteroatoms. The molecule has 0 aromatic rings. The van der Waals surface area contributed by atoms with Crippen LogP contribution in [0.15, 0.2) is 30.0 Å². The van der Waals surface area contributed by atoms with E-state index in [4.69, 9.17) is 0 Å². The van der Waals surface area contributed by atoms with E-state index in [0.717, 1.165) is 0 Å². The zero-order chi connectivity index (χ0) is 33.2. The molecule has 0 amide bonds. The summed E-state index contributed by atoms with van der Waals surface area (Å²) in [6.07, 6.45) is 51.9. The van der Waals surface area contributed by atoms with Gasteiger partial charge in [0.2, 0.25) is 0 Å². The van der Waals surface area contributed by atoms with E-state index < -0.39 is 0 Å². The first kappa shape index (κ1) is 42.0. The molecule has 6 nitrogen and oxygen atoms in total. The summed E-state index contributed by atoms with van der Waals surface area (Å²) in [5.41, 5.74) is 0. The van der Waals surface area contributed by atoms with E-state index in [0.29, 0.717) is 36.3 Å². The summed E-state index contributed by atoms with van der Waals surface area (Å²) in [5, 5.41) is 0. The predicted molar refractivity (Wildman–Crippen MR) is 212 cm³/mol. The van der Waals surface area contributed by atoms with Gasteiger partial charge in [0.25, 0.3) is 0 Å². The monoisotopic (exact) mass is 713 g/mol. The molecule has 0 heterocycles. The van der Waals surface area contributed by atoms with Crippen molar-refractivity contribution < 1.29 is 17.4 Å². The average Bonchev–Trinajstić information content (AvgIpc) is 3.17. The van der Waals surface area contributed by atoms with Gasteiger partial charge in [-0.15, -0.1) is 0 Å². The molecule has 6 aliphatic rings. The Hall–Kier alpha value is -1.45. The standard InChI is InChI=1S/3C14H24N2.Cr/c3*1-3-7-13(8-4-1)15-11-12-16-14-9-5-2-6-10-14;/h3*11-14H,1-10H2;. The van der Waals surface area contributed by atoms with Crippen molar-refractivity contribution in [2.45, 2.75) is 229 Å². The average molecular weight is 713 g/mol. The van der Waals surface area contributed by atoms with Crippen molar-refractivity contribution in [3.05, 3.63) is 0 Å². The van der Waals surface area contributed by atoms with Crippen LogP contribution in [0, 0.1) is 0 Å². The number of hydrogen-bond donors (Lipinski definition) is 0. The van der Waals surface area contributed by atoms with E-state index in [1.165, 1.54) is 193 Å². The van der Waals surface area contributed by atoms with Crippen LogP contribution in [-0.2, 0) is 17.4 Å². The maximum absolute atomic E-state index is 4.59. The molecule has 6 fully saturated rings. The van der Waals surface area contributed by atoms with E-state index in [2.05, 4.69) is 30.0 Å². The molecule has 0 radical (unpaired) electrons. The van der Waals surface area contributed by atoms with Gasteiger partial charge in [-0.2, -0.15) is 0 Å². The van der Waals surface area contributed by atoms with E-state index in [-0.39, 0.29) is 17.4 Å². The third kappa shape index (κ3) is 20.2. The molecule has 49 heavy (non-hydrogen) atoms. The van der Waals surface area contributed by atoms with Crippen LogP contribution in [0.1, 0.15) is 193 Å². The Balaban J connectivity index is 0.000000197. The van der Waals surface area contributed by atoms with Gasteiger partial charge in [0.1, 0.15) is 0 Å². The summed E-state index contributed by atoms with van der Waals surface area (Å²) >= 11 is 0. The maximum atomic E-state index is 4.59. The fraction of sp³-hybridized carbons (Fsp3) is 0.857. The minimum atomic E-state index is 0. The van der Waals surface area contributed by atoms with Crippen molar-refractivity contribution >= 4 is 37.3 Å². The molecular formula is C42H72CrN6. The summed E-state index contributed by atoms with van der Waals surface area (Å²) in [7, 11) is 0. The number of nitrogens with zero attached hydrogens (tertiary/aromatic N) is 6. The van der Waals surface area contributed by atoms with Crippen LogP contribution in [-0.4, -0.2) is 73.5 Å². The quantitative estimate of drug-likeness (QED) is 0.213. The fourth-order valence-electron chi connectivity index (χ4n) is 8.34. The topological polar surface area (TPSA) is 74.2 Å². The molecule has 0 aromatic carbocycles. The molecule has 0 aromatic heterocycles. The van der Waals surface area contributed by atoms with Gasteiger partial charge in [-0.1, -0.05) is 116 Å². The van der Waals surface area contributed by atoms with Crippen LogP contribution < -0.4 is 0 Å². The van der Waals surface area contributed by atoms with Gasteiger partial charge in [-0.3, -0.25) is 30.0 Å². The van der Waals surface area contributed by atoms with Crippen molar-refractivity contribution in [2.75, 3.05) is 0 Å². The van der Waals surface area contributed by atoms with Gasteiger partial charge in [0.05, 0.1) is 0 Å². The number of aliphatic imine (C=N–C) groups is 6. The van der Waals surface area contributed by atoms with Crippen molar-refractivity contribution in [1.82, 2.24) is 0 Å². The van der Waals surface area contributed by atoms with Crippen LogP contribution in [0.4, 0.5) is 0 Å². The SMILES string of the molecule is C(C=NC1CCCCC1)=NC1CCCCC1.C(C=NC1CCCCC1)=NC1CCCCC1.C(C=NC1CCCCC1)=NC1CCCCC1.[Cr]. The first-order chi connectivity index (χ1) is 23.8. The van der Waals surface area contributed by atoms with E-state index >= 15 is 0 Å². The minimum Gasteiger partial charge on any atom is -0.288 e. The summed E-state index contributed by atoms with van der Waals surface area (Å²) in [6.45, 7) is 0. The Morgan fingerprint density at radius 1 is 0.204 bits per heavy atom. The Kier molecular flexibility index (Phi) is 24.1. The Morgan fingerprint density at radius 2 is 0.327 bits per heavy atom. The predicted octanol–water partition coefficient (Wildman–Crippen LogP) is 11.4. The van der Waals surface area contributed by atoms with Crippen LogP contribution in [0.5, 0.6) is 0 Å². The van der Waals surface area contributed by atoms with Crippen molar-refractivity contribution in [2.24, 2.45) is 30.0 Å². The van der Waals surface area contributed by atoms with Gasteiger partial charge < -0.3 is 0 Å². The summed E-state index contributed by atoms with van der Waals surface area (Å²) in [4.78, 5) is 27.6. The zero-order valence-electron chi connectivity index (χ0n) is 31.2. The third-order valence-electron chi connectivity index (χ3n) is 11.4. The molecular weight excluding hydrogens is 641 g/mol. The molecule has 276 valence electrons. The second-order valence-electron chi connectivity index (χ2n) is 15.5. The van der Waals surface area contributed by atoms with Gasteiger partial charge in [-0.25, -0.2) is 0 Å². The molecule has 0 aliphatic heterocycles.